The largest absolute Gasteiger partial charge is 0.433 e. The van der Waals surface area contributed by atoms with Crippen molar-refractivity contribution in [3.63, 3.8) is 0 Å². The topological polar surface area (TPSA) is 68.0 Å². The van der Waals surface area contributed by atoms with E-state index in [1.54, 1.807) is 0 Å². The van der Waals surface area contributed by atoms with Gasteiger partial charge >= 0.3 is 6.18 Å². The van der Waals surface area contributed by atoms with Crippen LogP contribution in [-0.4, -0.2) is 10.9 Å². The minimum absolute atomic E-state index is 0.0521. The number of anilines is 2. The Hall–Kier alpha value is -2.75. The Morgan fingerprint density at radius 1 is 1.23 bits per heavy atom. The summed E-state index contributed by atoms with van der Waals surface area (Å²) in [5.74, 6) is -2.64. The predicted octanol–water partition coefficient (Wildman–Crippen LogP) is 4.74. The molecule has 3 N–H and O–H groups in total. The first kappa shape index (κ1) is 18.1. The quantitative estimate of drug-likeness (QED) is 0.625. The van der Waals surface area contributed by atoms with Crippen LogP contribution in [0.5, 0.6) is 0 Å². The molecule has 0 aliphatic rings. The highest BCUT2D eigenvalue weighted by Crippen LogP contribution is 2.38. The molecule has 0 aliphatic heterocycles. The average molecular weight is 387 g/mol. The lowest BCUT2D eigenvalue weighted by Crippen LogP contribution is -2.13. The number of hydrogen-bond acceptors (Lipinski definition) is 4. The van der Waals surface area contributed by atoms with Crippen LogP contribution in [0.2, 0.25) is 0 Å². The van der Waals surface area contributed by atoms with Crippen molar-refractivity contribution in [2.45, 2.75) is 13.1 Å². The van der Waals surface area contributed by atoms with Gasteiger partial charge in [-0.15, -0.1) is 11.3 Å². The summed E-state index contributed by atoms with van der Waals surface area (Å²) in [7, 11) is 0. The highest BCUT2D eigenvalue weighted by Gasteiger charge is 2.34. The number of aromatic nitrogens is 1. The lowest BCUT2D eigenvalue weighted by atomic mass is 10.1. The SMILES string of the molecule is Cc1cc(C(F)(F)F)nc2sc(C(=O)Nc3ccc(F)cc3F)c(N)c12. The monoisotopic (exact) mass is 387 g/mol. The molecule has 0 radical (unpaired) electrons. The number of carbonyl (C=O) groups excluding carboxylic acids is 1. The van der Waals surface area contributed by atoms with Crippen LogP contribution >= 0.6 is 11.3 Å². The Morgan fingerprint density at radius 2 is 1.92 bits per heavy atom. The van der Waals surface area contributed by atoms with Crippen molar-refractivity contribution >= 4 is 38.8 Å². The third-order valence-electron chi connectivity index (χ3n) is 3.57. The van der Waals surface area contributed by atoms with Gasteiger partial charge in [0.25, 0.3) is 5.91 Å². The van der Waals surface area contributed by atoms with Gasteiger partial charge in [-0.05, 0) is 30.7 Å². The Kier molecular flexibility index (Phi) is 4.31. The summed E-state index contributed by atoms with van der Waals surface area (Å²) in [4.78, 5) is 15.7. The molecule has 3 aromatic rings. The number of fused-ring (bicyclic) bond motifs is 1. The molecule has 10 heteroatoms. The van der Waals surface area contributed by atoms with Crippen LogP contribution in [0, 0.1) is 18.6 Å². The van der Waals surface area contributed by atoms with Crippen molar-refractivity contribution in [1.29, 1.82) is 0 Å². The van der Waals surface area contributed by atoms with Crippen LogP contribution < -0.4 is 11.1 Å². The van der Waals surface area contributed by atoms with E-state index in [0.717, 1.165) is 18.2 Å². The highest BCUT2D eigenvalue weighted by atomic mass is 32.1. The minimum Gasteiger partial charge on any atom is -0.397 e. The molecule has 0 saturated carbocycles. The van der Waals surface area contributed by atoms with Crippen molar-refractivity contribution in [3.05, 3.63) is 52.0 Å². The molecule has 0 bridgehead atoms. The number of aryl methyl sites for hydroxylation is 1. The Bertz CT molecular complexity index is 1030. The van der Waals surface area contributed by atoms with Gasteiger partial charge < -0.3 is 11.1 Å². The molecule has 1 aromatic carbocycles. The fraction of sp³-hybridized carbons (Fsp3) is 0.125. The molecule has 26 heavy (non-hydrogen) atoms. The lowest BCUT2D eigenvalue weighted by Gasteiger charge is -2.07. The number of halogens is 5. The molecular weight excluding hydrogens is 377 g/mol. The molecule has 0 spiro atoms. The van der Waals surface area contributed by atoms with E-state index < -0.39 is 29.4 Å². The van der Waals surface area contributed by atoms with Crippen molar-refractivity contribution in [2.75, 3.05) is 11.1 Å². The molecule has 1 amide bonds. The number of rotatable bonds is 2. The molecular formula is C16H10F5N3OS. The standard InChI is InChI=1S/C16H10F5N3OS/c1-6-4-10(16(19,20)21)24-15-11(6)12(22)13(26-15)14(25)23-9-3-2-7(17)5-8(9)18/h2-5H,22H2,1H3,(H,23,25). The second-order valence-corrected chi connectivity index (χ2v) is 6.42. The van der Waals surface area contributed by atoms with Gasteiger partial charge in [-0.2, -0.15) is 13.2 Å². The molecule has 0 saturated heterocycles. The number of carbonyl (C=O) groups is 1. The molecule has 0 unspecified atom stereocenters. The number of alkyl halides is 3. The van der Waals surface area contributed by atoms with Crippen molar-refractivity contribution < 1.29 is 26.7 Å². The number of nitrogen functional groups attached to an aromatic ring is 1. The summed E-state index contributed by atoms with van der Waals surface area (Å²) in [6, 6.07) is 3.41. The number of benzene rings is 1. The van der Waals surface area contributed by atoms with Crippen LogP contribution in [0.3, 0.4) is 0 Å². The van der Waals surface area contributed by atoms with Crippen LogP contribution in [0.4, 0.5) is 33.3 Å². The Labute approximate surface area is 147 Å². The van der Waals surface area contributed by atoms with E-state index >= 15 is 0 Å². The minimum atomic E-state index is -4.64. The number of nitrogens with two attached hydrogens (primary N) is 1. The average Bonchev–Trinajstić information content (AvgIpc) is 2.87. The smallest absolute Gasteiger partial charge is 0.397 e. The summed E-state index contributed by atoms with van der Waals surface area (Å²) in [5.41, 5.74) is 4.67. The van der Waals surface area contributed by atoms with Gasteiger partial charge in [0.05, 0.1) is 11.4 Å². The summed E-state index contributed by atoms with van der Waals surface area (Å²) in [5, 5.41) is 2.45. The number of pyridine rings is 1. The van der Waals surface area contributed by atoms with Crippen molar-refractivity contribution in [3.8, 4) is 0 Å². The fourth-order valence-electron chi connectivity index (χ4n) is 2.39. The molecule has 0 atom stereocenters. The number of nitrogens with zero attached hydrogens (tertiary/aromatic N) is 1. The zero-order chi connectivity index (χ0) is 19.2. The van der Waals surface area contributed by atoms with E-state index in [9.17, 15) is 26.7 Å². The molecule has 0 fully saturated rings. The van der Waals surface area contributed by atoms with E-state index in [1.807, 2.05) is 0 Å². The van der Waals surface area contributed by atoms with Gasteiger partial charge in [0.15, 0.2) is 0 Å². The van der Waals surface area contributed by atoms with Gasteiger partial charge in [0, 0.05) is 11.5 Å². The third-order valence-corrected chi connectivity index (χ3v) is 4.67. The molecule has 2 aromatic heterocycles. The second-order valence-electron chi connectivity index (χ2n) is 5.43. The molecule has 2 heterocycles. The normalized spacial score (nSPS) is 11.8. The maximum Gasteiger partial charge on any atom is 0.433 e. The van der Waals surface area contributed by atoms with Gasteiger partial charge in [-0.25, -0.2) is 13.8 Å². The van der Waals surface area contributed by atoms with Crippen LogP contribution in [0.15, 0.2) is 24.3 Å². The summed E-state index contributed by atoms with van der Waals surface area (Å²) in [6.07, 6.45) is -4.64. The number of hydrogen-bond donors (Lipinski definition) is 2. The molecule has 3 rings (SSSR count). The summed E-state index contributed by atoms with van der Waals surface area (Å²) in [6.45, 7) is 1.42. The number of amides is 1. The highest BCUT2D eigenvalue weighted by molar-refractivity contribution is 7.21. The zero-order valence-corrected chi connectivity index (χ0v) is 13.9. The summed E-state index contributed by atoms with van der Waals surface area (Å²) >= 11 is 0.660. The predicted molar refractivity (Wildman–Crippen MR) is 88.1 cm³/mol. The Morgan fingerprint density at radius 3 is 2.54 bits per heavy atom. The van der Waals surface area contributed by atoms with Crippen LogP contribution in [0.25, 0.3) is 10.2 Å². The van der Waals surface area contributed by atoms with Gasteiger partial charge in [-0.3, -0.25) is 4.79 Å². The van der Waals surface area contributed by atoms with E-state index in [4.69, 9.17) is 5.73 Å². The van der Waals surface area contributed by atoms with Crippen molar-refractivity contribution in [1.82, 2.24) is 4.98 Å². The molecule has 0 aliphatic carbocycles. The Balaban J connectivity index is 2.03. The first-order valence-electron chi connectivity index (χ1n) is 7.11. The maximum absolute atomic E-state index is 13.7. The van der Waals surface area contributed by atoms with Crippen molar-refractivity contribution in [2.24, 2.45) is 0 Å². The van der Waals surface area contributed by atoms with E-state index in [1.165, 1.54) is 6.92 Å². The van der Waals surface area contributed by atoms with E-state index in [0.29, 0.717) is 17.4 Å². The fourth-order valence-corrected chi connectivity index (χ4v) is 3.46. The van der Waals surface area contributed by atoms with Gasteiger partial charge in [0.1, 0.15) is 27.0 Å². The van der Waals surface area contributed by atoms with Gasteiger partial charge in [0.2, 0.25) is 0 Å². The summed E-state index contributed by atoms with van der Waals surface area (Å²) < 4.78 is 65.2. The molecule has 136 valence electrons. The first-order valence-corrected chi connectivity index (χ1v) is 7.93. The van der Waals surface area contributed by atoms with E-state index in [-0.39, 0.29) is 32.0 Å². The second kappa shape index (κ2) is 6.20. The lowest BCUT2D eigenvalue weighted by molar-refractivity contribution is -0.141. The first-order chi connectivity index (χ1) is 12.1. The number of thiophene rings is 1. The third kappa shape index (κ3) is 3.19. The van der Waals surface area contributed by atoms with Crippen LogP contribution in [0.1, 0.15) is 20.9 Å². The maximum atomic E-state index is 13.7. The zero-order valence-electron chi connectivity index (χ0n) is 13.0. The van der Waals surface area contributed by atoms with Crippen LogP contribution in [-0.2, 0) is 6.18 Å². The number of nitrogens with one attached hydrogen (secondary N) is 1. The van der Waals surface area contributed by atoms with Gasteiger partial charge in [-0.1, -0.05) is 0 Å². The molecule has 4 nitrogen and oxygen atoms in total. The van der Waals surface area contributed by atoms with E-state index in [2.05, 4.69) is 10.3 Å².